The van der Waals surface area contributed by atoms with Gasteiger partial charge in [0.25, 0.3) is 5.91 Å². The molecule has 1 aliphatic heterocycles. The monoisotopic (exact) mass is 369 g/mol. The summed E-state index contributed by atoms with van der Waals surface area (Å²) >= 11 is 9.10. The van der Waals surface area contributed by atoms with Gasteiger partial charge in [-0.3, -0.25) is 4.79 Å². The first-order chi connectivity index (χ1) is 9.27. The first-order valence-corrected chi connectivity index (χ1v) is 7.26. The third-order valence-electron chi connectivity index (χ3n) is 3.35. The zero-order valence-electron chi connectivity index (χ0n) is 10.4. The lowest BCUT2D eigenvalue weighted by molar-refractivity contribution is -0.183. The number of alkyl halides is 3. The number of hydrogen-bond donors (Lipinski definition) is 0. The molecule has 0 radical (unpaired) electrons. The van der Waals surface area contributed by atoms with Crippen LogP contribution in [0.2, 0.25) is 5.02 Å². The van der Waals surface area contributed by atoms with Crippen molar-refractivity contribution in [2.75, 3.05) is 13.1 Å². The number of nitrogens with zero attached hydrogens (tertiary/aromatic N) is 1. The fourth-order valence-corrected chi connectivity index (χ4v) is 3.13. The molecule has 0 aliphatic carbocycles. The van der Waals surface area contributed by atoms with Crippen molar-refractivity contribution < 1.29 is 18.0 Å². The van der Waals surface area contributed by atoms with E-state index in [0.29, 0.717) is 15.1 Å². The minimum Gasteiger partial charge on any atom is -0.339 e. The van der Waals surface area contributed by atoms with Crippen LogP contribution >= 0.6 is 27.5 Å². The molecular weight excluding hydrogens is 358 g/mol. The summed E-state index contributed by atoms with van der Waals surface area (Å²) < 4.78 is 38.4. The summed E-state index contributed by atoms with van der Waals surface area (Å²) in [5.41, 5.74) is 0.384. The first-order valence-electron chi connectivity index (χ1n) is 6.09. The predicted octanol–water partition coefficient (Wildman–Crippen LogP) is 4.52. The topological polar surface area (TPSA) is 20.3 Å². The Bertz CT molecular complexity index is 493. The lowest BCUT2D eigenvalue weighted by atomic mass is 9.96. The Morgan fingerprint density at radius 2 is 1.85 bits per heavy atom. The molecule has 0 saturated carbocycles. The fraction of sp³-hybridized carbons (Fsp3) is 0.462. The zero-order valence-corrected chi connectivity index (χ0v) is 12.7. The first kappa shape index (κ1) is 15.6. The van der Waals surface area contributed by atoms with Crippen LogP contribution in [0.5, 0.6) is 0 Å². The van der Waals surface area contributed by atoms with Gasteiger partial charge in [-0.25, -0.2) is 0 Å². The average molecular weight is 371 g/mol. The molecule has 1 fully saturated rings. The van der Waals surface area contributed by atoms with Gasteiger partial charge in [-0.15, -0.1) is 0 Å². The van der Waals surface area contributed by atoms with Gasteiger partial charge in [0.1, 0.15) is 0 Å². The highest BCUT2D eigenvalue weighted by atomic mass is 79.9. The largest absolute Gasteiger partial charge is 0.391 e. The summed E-state index contributed by atoms with van der Waals surface area (Å²) in [5, 5.41) is 0.410. The standard InChI is InChI=1S/C13H12BrClF3NO/c14-10-5-8(6-11(15)7-10)12(20)19-3-1-9(2-4-19)13(16,17)18/h5-7,9H,1-4H2. The van der Waals surface area contributed by atoms with E-state index in [9.17, 15) is 18.0 Å². The molecule has 1 aromatic carbocycles. The summed E-state index contributed by atoms with van der Waals surface area (Å²) in [7, 11) is 0. The van der Waals surface area contributed by atoms with Crippen LogP contribution in [0, 0.1) is 5.92 Å². The van der Waals surface area contributed by atoms with Crippen LogP contribution in [0.25, 0.3) is 0 Å². The van der Waals surface area contributed by atoms with Gasteiger partial charge in [0.05, 0.1) is 5.92 Å². The quantitative estimate of drug-likeness (QED) is 0.712. The smallest absolute Gasteiger partial charge is 0.339 e. The van der Waals surface area contributed by atoms with E-state index in [1.165, 1.54) is 11.0 Å². The van der Waals surface area contributed by atoms with Gasteiger partial charge in [0.15, 0.2) is 0 Å². The number of likely N-dealkylation sites (tertiary alicyclic amines) is 1. The summed E-state index contributed by atoms with van der Waals surface area (Å²) in [4.78, 5) is 13.7. The van der Waals surface area contributed by atoms with Gasteiger partial charge >= 0.3 is 6.18 Å². The van der Waals surface area contributed by atoms with Crippen molar-refractivity contribution in [2.45, 2.75) is 19.0 Å². The second kappa shape index (κ2) is 5.93. The van der Waals surface area contributed by atoms with Crippen molar-refractivity contribution in [3.8, 4) is 0 Å². The molecule has 0 aromatic heterocycles. The molecule has 1 aromatic rings. The molecule has 1 heterocycles. The van der Waals surface area contributed by atoms with Crippen LogP contribution in [0.1, 0.15) is 23.2 Å². The fourth-order valence-electron chi connectivity index (χ4n) is 2.27. The lowest BCUT2D eigenvalue weighted by Gasteiger charge is -2.33. The second-order valence-corrected chi connectivity index (χ2v) is 6.12. The van der Waals surface area contributed by atoms with E-state index < -0.39 is 12.1 Å². The van der Waals surface area contributed by atoms with Crippen molar-refractivity contribution in [2.24, 2.45) is 5.92 Å². The third kappa shape index (κ3) is 3.67. The van der Waals surface area contributed by atoms with Gasteiger partial charge in [-0.1, -0.05) is 27.5 Å². The van der Waals surface area contributed by atoms with Gasteiger partial charge in [-0.2, -0.15) is 13.2 Å². The van der Waals surface area contributed by atoms with E-state index in [0.717, 1.165) is 0 Å². The Morgan fingerprint density at radius 3 is 2.35 bits per heavy atom. The Kier molecular flexibility index (Phi) is 4.64. The van der Waals surface area contributed by atoms with E-state index in [4.69, 9.17) is 11.6 Å². The van der Waals surface area contributed by atoms with Crippen molar-refractivity contribution in [3.63, 3.8) is 0 Å². The molecule has 0 bridgehead atoms. The van der Waals surface area contributed by atoms with Crippen LogP contribution in [-0.2, 0) is 0 Å². The number of amides is 1. The summed E-state index contributed by atoms with van der Waals surface area (Å²) in [5.74, 6) is -1.59. The number of piperidine rings is 1. The van der Waals surface area contributed by atoms with Crippen LogP contribution in [0.4, 0.5) is 13.2 Å². The van der Waals surface area contributed by atoms with E-state index >= 15 is 0 Å². The van der Waals surface area contributed by atoms with Crippen LogP contribution in [-0.4, -0.2) is 30.1 Å². The Morgan fingerprint density at radius 1 is 1.25 bits per heavy atom. The normalized spacial score (nSPS) is 17.4. The number of benzene rings is 1. The minimum atomic E-state index is -4.17. The van der Waals surface area contributed by atoms with Crippen molar-refractivity contribution in [1.82, 2.24) is 4.90 Å². The second-order valence-electron chi connectivity index (χ2n) is 4.77. The third-order valence-corrected chi connectivity index (χ3v) is 4.03. The molecule has 110 valence electrons. The van der Waals surface area contributed by atoms with Crippen molar-refractivity contribution >= 4 is 33.4 Å². The maximum atomic E-state index is 12.6. The maximum Gasteiger partial charge on any atom is 0.391 e. The number of halogens is 5. The highest BCUT2D eigenvalue weighted by molar-refractivity contribution is 9.10. The van der Waals surface area contributed by atoms with Crippen LogP contribution < -0.4 is 0 Å². The average Bonchev–Trinajstić information content (AvgIpc) is 2.36. The van der Waals surface area contributed by atoms with E-state index in [2.05, 4.69) is 15.9 Å². The van der Waals surface area contributed by atoms with E-state index in [1.807, 2.05) is 0 Å². The number of carbonyl (C=O) groups excluding carboxylic acids is 1. The zero-order chi connectivity index (χ0) is 14.9. The van der Waals surface area contributed by atoms with Gasteiger partial charge < -0.3 is 4.90 Å². The van der Waals surface area contributed by atoms with Crippen LogP contribution in [0.3, 0.4) is 0 Å². The summed E-state index contributed by atoms with van der Waals surface area (Å²) in [6.07, 6.45) is -4.26. The van der Waals surface area contributed by atoms with E-state index in [1.54, 1.807) is 12.1 Å². The molecule has 20 heavy (non-hydrogen) atoms. The van der Waals surface area contributed by atoms with Gasteiger partial charge in [-0.05, 0) is 31.0 Å². The molecular formula is C13H12BrClF3NO. The predicted molar refractivity (Wildman–Crippen MR) is 73.8 cm³/mol. The Balaban J connectivity index is 2.05. The molecule has 1 amide bonds. The molecule has 2 rings (SSSR count). The van der Waals surface area contributed by atoms with Crippen LogP contribution in [0.15, 0.2) is 22.7 Å². The molecule has 0 atom stereocenters. The molecule has 0 spiro atoms. The molecule has 0 N–H and O–H groups in total. The van der Waals surface area contributed by atoms with Crippen molar-refractivity contribution in [3.05, 3.63) is 33.3 Å². The highest BCUT2D eigenvalue weighted by Crippen LogP contribution is 2.34. The molecule has 1 saturated heterocycles. The summed E-state index contributed by atoms with van der Waals surface area (Å²) in [6, 6.07) is 4.78. The van der Waals surface area contributed by atoms with E-state index in [-0.39, 0.29) is 31.8 Å². The Hall–Kier alpha value is -0.750. The minimum absolute atomic E-state index is 0.0447. The summed E-state index contributed by atoms with van der Waals surface area (Å²) in [6.45, 7) is 0.236. The maximum absolute atomic E-state index is 12.6. The number of rotatable bonds is 1. The number of hydrogen-bond acceptors (Lipinski definition) is 1. The SMILES string of the molecule is O=C(c1cc(Cl)cc(Br)c1)N1CCC(C(F)(F)F)CC1. The molecule has 1 aliphatic rings. The Labute approximate surface area is 128 Å². The lowest BCUT2D eigenvalue weighted by Crippen LogP contribution is -2.42. The number of carbonyl (C=O) groups is 1. The molecule has 7 heteroatoms. The van der Waals surface area contributed by atoms with Gasteiger partial charge in [0, 0.05) is 28.1 Å². The highest BCUT2D eigenvalue weighted by Gasteiger charge is 2.41. The van der Waals surface area contributed by atoms with Gasteiger partial charge in [0.2, 0.25) is 0 Å². The molecule has 0 unspecified atom stereocenters. The van der Waals surface area contributed by atoms with Crippen molar-refractivity contribution in [1.29, 1.82) is 0 Å². The molecule has 2 nitrogen and oxygen atoms in total.